The molecule has 6 nitrogen and oxygen atoms in total. The standard InChI is InChI=1S/C19H17FN2O4S/c1-12-5-6-16(27-12)11-21(10-15-4-3-7-26-15)19(23)14-8-17(20)13(2)18(9-14)22(24)25/h3-9H,10-11H2,1-2H3. The Morgan fingerprint density at radius 3 is 2.63 bits per heavy atom. The van der Waals surface area contributed by atoms with Gasteiger partial charge in [0.05, 0.1) is 29.8 Å². The smallest absolute Gasteiger partial charge is 0.276 e. The monoisotopic (exact) mass is 388 g/mol. The van der Waals surface area contributed by atoms with Crippen molar-refractivity contribution in [3.8, 4) is 0 Å². The van der Waals surface area contributed by atoms with Gasteiger partial charge in [-0.05, 0) is 44.2 Å². The van der Waals surface area contributed by atoms with E-state index in [1.807, 2.05) is 19.1 Å². The van der Waals surface area contributed by atoms with E-state index in [1.54, 1.807) is 23.5 Å². The third kappa shape index (κ3) is 4.22. The third-order valence-electron chi connectivity index (χ3n) is 4.12. The Bertz CT molecular complexity index is 982. The number of nitro benzene ring substituents is 1. The Morgan fingerprint density at radius 2 is 2.04 bits per heavy atom. The molecule has 1 amide bonds. The van der Waals surface area contributed by atoms with Gasteiger partial charge in [-0.2, -0.15) is 0 Å². The van der Waals surface area contributed by atoms with Crippen molar-refractivity contribution in [1.29, 1.82) is 0 Å². The number of halogens is 1. The summed E-state index contributed by atoms with van der Waals surface area (Å²) in [5, 5.41) is 11.2. The zero-order valence-corrected chi connectivity index (χ0v) is 15.6. The van der Waals surface area contributed by atoms with Crippen LogP contribution in [0.3, 0.4) is 0 Å². The van der Waals surface area contributed by atoms with Crippen molar-refractivity contribution >= 4 is 22.9 Å². The number of carbonyl (C=O) groups is 1. The van der Waals surface area contributed by atoms with Crippen molar-refractivity contribution in [2.45, 2.75) is 26.9 Å². The summed E-state index contributed by atoms with van der Waals surface area (Å²) in [5.74, 6) is -0.712. The van der Waals surface area contributed by atoms with Crippen LogP contribution in [0.2, 0.25) is 0 Å². The van der Waals surface area contributed by atoms with Crippen LogP contribution in [-0.2, 0) is 13.1 Å². The number of benzene rings is 1. The lowest BCUT2D eigenvalue weighted by molar-refractivity contribution is -0.385. The van der Waals surface area contributed by atoms with E-state index in [0.29, 0.717) is 12.3 Å². The van der Waals surface area contributed by atoms with Crippen molar-refractivity contribution in [3.05, 3.63) is 85.2 Å². The summed E-state index contributed by atoms with van der Waals surface area (Å²) in [7, 11) is 0. The van der Waals surface area contributed by atoms with Gasteiger partial charge in [0.25, 0.3) is 11.6 Å². The van der Waals surface area contributed by atoms with Gasteiger partial charge in [0, 0.05) is 21.4 Å². The molecule has 1 aromatic carbocycles. The fourth-order valence-electron chi connectivity index (χ4n) is 2.71. The molecule has 0 aliphatic rings. The Morgan fingerprint density at radius 1 is 1.26 bits per heavy atom. The molecular weight excluding hydrogens is 371 g/mol. The summed E-state index contributed by atoms with van der Waals surface area (Å²) in [6.07, 6.45) is 1.50. The summed E-state index contributed by atoms with van der Waals surface area (Å²) in [4.78, 5) is 27.0. The van der Waals surface area contributed by atoms with E-state index in [4.69, 9.17) is 4.42 Å². The Hall–Kier alpha value is -3.00. The van der Waals surface area contributed by atoms with Crippen LogP contribution in [0.25, 0.3) is 0 Å². The van der Waals surface area contributed by atoms with Gasteiger partial charge in [-0.1, -0.05) is 0 Å². The number of hydrogen-bond acceptors (Lipinski definition) is 5. The van der Waals surface area contributed by atoms with Crippen LogP contribution in [-0.4, -0.2) is 15.7 Å². The molecular formula is C19H17FN2O4S. The van der Waals surface area contributed by atoms with Crippen molar-refractivity contribution in [2.75, 3.05) is 0 Å². The average molecular weight is 388 g/mol. The zero-order valence-electron chi connectivity index (χ0n) is 14.8. The fraction of sp³-hybridized carbons (Fsp3) is 0.211. The highest BCUT2D eigenvalue weighted by atomic mass is 32.1. The Balaban J connectivity index is 1.95. The highest BCUT2D eigenvalue weighted by molar-refractivity contribution is 7.11. The molecule has 0 unspecified atom stereocenters. The molecule has 2 heterocycles. The van der Waals surface area contributed by atoms with E-state index in [0.717, 1.165) is 21.9 Å². The summed E-state index contributed by atoms with van der Waals surface area (Å²) in [5.41, 5.74) is -0.573. The van der Waals surface area contributed by atoms with Gasteiger partial charge < -0.3 is 9.32 Å². The van der Waals surface area contributed by atoms with Crippen molar-refractivity contribution in [2.24, 2.45) is 0 Å². The second-order valence-electron chi connectivity index (χ2n) is 6.11. The van der Waals surface area contributed by atoms with Crippen LogP contribution in [0.15, 0.2) is 47.1 Å². The first-order chi connectivity index (χ1) is 12.8. The number of amides is 1. The minimum Gasteiger partial charge on any atom is -0.467 e. The number of hydrogen-bond donors (Lipinski definition) is 0. The molecule has 0 aliphatic heterocycles. The second-order valence-corrected chi connectivity index (χ2v) is 7.48. The number of aryl methyl sites for hydroxylation is 1. The predicted molar refractivity (Wildman–Crippen MR) is 99.1 cm³/mol. The number of nitrogens with zero attached hydrogens (tertiary/aromatic N) is 2. The van der Waals surface area contributed by atoms with Crippen molar-refractivity contribution in [3.63, 3.8) is 0 Å². The third-order valence-corrected chi connectivity index (χ3v) is 5.10. The minimum absolute atomic E-state index is 0.0652. The van der Waals surface area contributed by atoms with E-state index in [-0.39, 0.29) is 17.7 Å². The number of rotatable bonds is 6. The van der Waals surface area contributed by atoms with E-state index in [9.17, 15) is 19.3 Å². The SMILES string of the molecule is Cc1ccc(CN(Cc2ccco2)C(=O)c2cc(F)c(C)c([N+](=O)[O-])c2)s1. The summed E-state index contributed by atoms with van der Waals surface area (Å²) < 4.78 is 19.5. The largest absolute Gasteiger partial charge is 0.467 e. The molecule has 27 heavy (non-hydrogen) atoms. The highest BCUT2D eigenvalue weighted by Gasteiger charge is 2.24. The molecule has 0 saturated heterocycles. The lowest BCUT2D eigenvalue weighted by Crippen LogP contribution is -2.30. The van der Waals surface area contributed by atoms with Gasteiger partial charge in [-0.15, -0.1) is 11.3 Å². The quantitative estimate of drug-likeness (QED) is 0.447. The van der Waals surface area contributed by atoms with E-state index in [1.165, 1.54) is 18.1 Å². The van der Waals surface area contributed by atoms with Gasteiger partial charge in [0.1, 0.15) is 11.6 Å². The minimum atomic E-state index is -0.780. The maximum atomic E-state index is 14.1. The lowest BCUT2D eigenvalue weighted by atomic mass is 10.1. The number of furan rings is 1. The molecule has 0 radical (unpaired) electrons. The maximum Gasteiger partial charge on any atom is 0.276 e. The van der Waals surface area contributed by atoms with Gasteiger partial charge in [0.2, 0.25) is 0 Å². The predicted octanol–water partition coefficient (Wildman–Crippen LogP) is 4.85. The van der Waals surface area contributed by atoms with E-state index >= 15 is 0 Å². The molecule has 3 aromatic rings. The molecule has 3 rings (SSSR count). The number of thiophene rings is 1. The number of carbonyl (C=O) groups excluding carboxylic acids is 1. The molecule has 0 bridgehead atoms. The van der Waals surface area contributed by atoms with Crippen LogP contribution >= 0.6 is 11.3 Å². The fourth-order valence-corrected chi connectivity index (χ4v) is 3.61. The lowest BCUT2D eigenvalue weighted by Gasteiger charge is -2.21. The second kappa shape index (κ2) is 7.71. The van der Waals surface area contributed by atoms with Crippen LogP contribution in [0.4, 0.5) is 10.1 Å². The van der Waals surface area contributed by atoms with Gasteiger partial charge in [-0.3, -0.25) is 14.9 Å². The molecule has 140 valence electrons. The van der Waals surface area contributed by atoms with E-state index < -0.39 is 22.3 Å². The Kier molecular flexibility index (Phi) is 5.36. The molecule has 8 heteroatoms. The molecule has 0 fully saturated rings. The van der Waals surface area contributed by atoms with Crippen molar-refractivity contribution in [1.82, 2.24) is 4.90 Å². The molecule has 0 aliphatic carbocycles. The first-order valence-electron chi connectivity index (χ1n) is 8.16. The molecule has 0 N–H and O–H groups in total. The van der Waals surface area contributed by atoms with Gasteiger partial charge >= 0.3 is 0 Å². The van der Waals surface area contributed by atoms with Crippen LogP contribution in [0.5, 0.6) is 0 Å². The van der Waals surface area contributed by atoms with Gasteiger partial charge in [0.15, 0.2) is 0 Å². The first-order valence-corrected chi connectivity index (χ1v) is 8.98. The number of nitro groups is 1. The normalized spacial score (nSPS) is 10.8. The molecule has 2 aromatic heterocycles. The maximum absolute atomic E-state index is 14.1. The Labute approximate surface area is 159 Å². The summed E-state index contributed by atoms with van der Waals surface area (Å²) >= 11 is 1.55. The summed E-state index contributed by atoms with van der Waals surface area (Å²) in [6.45, 7) is 3.75. The summed E-state index contributed by atoms with van der Waals surface area (Å²) in [6, 6.07) is 9.48. The topological polar surface area (TPSA) is 76.6 Å². The van der Waals surface area contributed by atoms with Crippen LogP contribution in [0.1, 0.15) is 31.4 Å². The van der Waals surface area contributed by atoms with Gasteiger partial charge in [-0.25, -0.2) is 4.39 Å². The highest BCUT2D eigenvalue weighted by Crippen LogP contribution is 2.25. The first kappa shape index (κ1) is 18.8. The molecule has 0 atom stereocenters. The zero-order chi connectivity index (χ0) is 19.6. The van der Waals surface area contributed by atoms with Crippen molar-refractivity contribution < 1.29 is 18.5 Å². The molecule has 0 spiro atoms. The van der Waals surface area contributed by atoms with Crippen LogP contribution in [0, 0.1) is 29.8 Å². The van der Waals surface area contributed by atoms with Crippen LogP contribution < -0.4 is 0 Å². The average Bonchev–Trinajstić information content (AvgIpc) is 3.27. The molecule has 0 saturated carbocycles. The van der Waals surface area contributed by atoms with E-state index in [2.05, 4.69) is 0 Å².